The molecule has 5 N–H and O–H groups in total. The molecule has 110 valence electrons. The highest BCUT2D eigenvalue weighted by Gasteiger charge is 2.16. The fraction of sp³-hybridized carbons (Fsp3) is 0.235. The molecular formula is C17H21N3O. The summed E-state index contributed by atoms with van der Waals surface area (Å²) in [7, 11) is 0. The summed E-state index contributed by atoms with van der Waals surface area (Å²) in [5.74, 6) is -0.177. The van der Waals surface area contributed by atoms with E-state index in [2.05, 4.69) is 5.32 Å². The second kappa shape index (κ2) is 5.58. The van der Waals surface area contributed by atoms with Crippen LogP contribution in [0.5, 0.6) is 0 Å². The minimum atomic E-state index is -0.482. The summed E-state index contributed by atoms with van der Waals surface area (Å²) in [5.41, 5.74) is 15.2. The Morgan fingerprint density at radius 2 is 1.86 bits per heavy atom. The lowest BCUT2D eigenvalue weighted by molar-refractivity contribution is 0.102. The first kappa shape index (κ1) is 15.1. The van der Waals surface area contributed by atoms with Gasteiger partial charge in [0.15, 0.2) is 0 Å². The first-order valence-electron chi connectivity index (χ1n) is 6.84. The normalized spacial score (nSPS) is 11.2. The van der Waals surface area contributed by atoms with Crippen LogP contribution in [0.3, 0.4) is 0 Å². The average molecular weight is 283 g/mol. The zero-order valence-corrected chi connectivity index (χ0v) is 12.6. The molecule has 0 saturated heterocycles. The van der Waals surface area contributed by atoms with Gasteiger partial charge in [0, 0.05) is 22.5 Å². The molecule has 0 bridgehead atoms. The third-order valence-electron chi connectivity index (χ3n) is 3.41. The Balaban J connectivity index is 2.22. The van der Waals surface area contributed by atoms with Crippen molar-refractivity contribution in [1.82, 2.24) is 0 Å². The Morgan fingerprint density at radius 1 is 1.14 bits per heavy atom. The lowest BCUT2D eigenvalue weighted by atomic mass is 9.94. The summed E-state index contributed by atoms with van der Waals surface area (Å²) in [6, 6.07) is 12.8. The van der Waals surface area contributed by atoms with Gasteiger partial charge >= 0.3 is 0 Å². The lowest BCUT2D eigenvalue weighted by Crippen LogP contribution is -2.29. The molecule has 4 heteroatoms. The van der Waals surface area contributed by atoms with E-state index in [0.29, 0.717) is 16.9 Å². The van der Waals surface area contributed by atoms with E-state index in [4.69, 9.17) is 11.5 Å². The van der Waals surface area contributed by atoms with E-state index in [1.165, 1.54) is 0 Å². The number of nitrogens with one attached hydrogen (secondary N) is 1. The summed E-state index contributed by atoms with van der Waals surface area (Å²) in [6.45, 7) is 5.74. The van der Waals surface area contributed by atoms with Crippen LogP contribution in [-0.2, 0) is 5.54 Å². The number of hydrogen-bond acceptors (Lipinski definition) is 3. The van der Waals surface area contributed by atoms with Crippen molar-refractivity contribution in [2.75, 3.05) is 11.1 Å². The molecule has 0 saturated carbocycles. The van der Waals surface area contributed by atoms with Crippen LogP contribution >= 0.6 is 0 Å². The number of carbonyl (C=O) groups excluding carboxylic acids is 1. The molecule has 2 rings (SSSR count). The quantitative estimate of drug-likeness (QED) is 0.757. The maximum absolute atomic E-state index is 12.3. The minimum absolute atomic E-state index is 0.177. The van der Waals surface area contributed by atoms with Crippen LogP contribution in [0.2, 0.25) is 0 Å². The minimum Gasteiger partial charge on any atom is -0.398 e. The number of carbonyl (C=O) groups is 1. The fourth-order valence-electron chi connectivity index (χ4n) is 1.98. The van der Waals surface area contributed by atoms with Gasteiger partial charge in [0.2, 0.25) is 0 Å². The number of benzene rings is 2. The molecule has 0 aromatic heterocycles. The van der Waals surface area contributed by atoms with E-state index in [9.17, 15) is 4.79 Å². The van der Waals surface area contributed by atoms with Gasteiger partial charge in [-0.25, -0.2) is 0 Å². The molecule has 1 amide bonds. The summed E-state index contributed by atoms with van der Waals surface area (Å²) >= 11 is 0. The van der Waals surface area contributed by atoms with Crippen molar-refractivity contribution in [1.29, 1.82) is 0 Å². The van der Waals surface area contributed by atoms with Gasteiger partial charge in [-0.2, -0.15) is 0 Å². The van der Waals surface area contributed by atoms with E-state index in [-0.39, 0.29) is 5.91 Å². The highest BCUT2D eigenvalue weighted by Crippen LogP contribution is 2.20. The molecule has 0 fully saturated rings. The van der Waals surface area contributed by atoms with Crippen molar-refractivity contribution < 1.29 is 4.79 Å². The van der Waals surface area contributed by atoms with Crippen LogP contribution in [0.25, 0.3) is 0 Å². The van der Waals surface area contributed by atoms with Gasteiger partial charge in [0.05, 0.1) is 0 Å². The highest BCUT2D eigenvalue weighted by molar-refractivity contribution is 6.04. The van der Waals surface area contributed by atoms with Gasteiger partial charge in [-0.1, -0.05) is 18.2 Å². The van der Waals surface area contributed by atoms with E-state index < -0.39 is 5.54 Å². The number of amides is 1. The van der Waals surface area contributed by atoms with Crippen LogP contribution in [0.15, 0.2) is 42.5 Å². The van der Waals surface area contributed by atoms with Crippen LogP contribution in [-0.4, -0.2) is 5.91 Å². The molecule has 0 unspecified atom stereocenters. The second-order valence-corrected chi connectivity index (χ2v) is 5.83. The molecular weight excluding hydrogens is 262 g/mol. The molecule has 0 aliphatic carbocycles. The van der Waals surface area contributed by atoms with Gasteiger partial charge < -0.3 is 16.8 Å². The molecule has 2 aromatic rings. The fourth-order valence-corrected chi connectivity index (χ4v) is 1.98. The van der Waals surface area contributed by atoms with E-state index in [1.54, 1.807) is 12.1 Å². The average Bonchev–Trinajstić information content (AvgIpc) is 2.42. The van der Waals surface area contributed by atoms with Crippen molar-refractivity contribution in [2.24, 2.45) is 5.73 Å². The maximum atomic E-state index is 12.3. The number of nitrogen functional groups attached to an aromatic ring is 1. The molecule has 0 spiro atoms. The smallest absolute Gasteiger partial charge is 0.255 e. The molecule has 2 aromatic carbocycles. The predicted molar refractivity (Wildman–Crippen MR) is 87.2 cm³/mol. The topological polar surface area (TPSA) is 81.1 Å². The third kappa shape index (κ3) is 3.61. The van der Waals surface area contributed by atoms with Crippen molar-refractivity contribution in [3.8, 4) is 0 Å². The maximum Gasteiger partial charge on any atom is 0.255 e. The van der Waals surface area contributed by atoms with Crippen LogP contribution in [0, 0.1) is 6.92 Å². The molecule has 0 aliphatic rings. The van der Waals surface area contributed by atoms with Crippen molar-refractivity contribution in [3.05, 3.63) is 59.2 Å². The Bertz CT molecular complexity index is 672. The molecule has 21 heavy (non-hydrogen) atoms. The molecule has 0 aliphatic heterocycles. The number of anilines is 2. The Kier molecular flexibility index (Phi) is 4.00. The zero-order chi connectivity index (χ0) is 15.6. The van der Waals surface area contributed by atoms with Crippen LogP contribution in [0.4, 0.5) is 11.4 Å². The van der Waals surface area contributed by atoms with E-state index in [0.717, 1.165) is 11.1 Å². The summed E-state index contributed by atoms with van der Waals surface area (Å²) < 4.78 is 0. The first-order chi connectivity index (χ1) is 9.77. The van der Waals surface area contributed by atoms with Gasteiger partial charge in [0.1, 0.15) is 0 Å². The van der Waals surface area contributed by atoms with Crippen molar-refractivity contribution >= 4 is 17.3 Å². The second-order valence-electron chi connectivity index (χ2n) is 5.83. The number of aryl methyl sites for hydroxylation is 1. The molecule has 0 radical (unpaired) electrons. The standard InChI is InChI=1S/C17H21N3O/c1-11-7-8-14(10-15(11)18)20-16(21)12-5-4-6-13(9-12)17(2,3)19/h4-10H,18-19H2,1-3H3,(H,20,21). The van der Waals surface area contributed by atoms with Crippen LogP contribution in [0.1, 0.15) is 35.3 Å². The molecule has 0 atom stereocenters. The summed E-state index contributed by atoms with van der Waals surface area (Å²) in [5, 5.41) is 2.85. The van der Waals surface area contributed by atoms with Gasteiger partial charge in [-0.15, -0.1) is 0 Å². The van der Waals surface area contributed by atoms with E-state index >= 15 is 0 Å². The van der Waals surface area contributed by atoms with Gasteiger partial charge in [-0.3, -0.25) is 4.79 Å². The van der Waals surface area contributed by atoms with Crippen LogP contribution < -0.4 is 16.8 Å². The van der Waals surface area contributed by atoms with Gasteiger partial charge in [0.25, 0.3) is 5.91 Å². The Hall–Kier alpha value is -2.33. The monoisotopic (exact) mass is 283 g/mol. The largest absolute Gasteiger partial charge is 0.398 e. The van der Waals surface area contributed by atoms with Gasteiger partial charge in [-0.05, 0) is 56.2 Å². The number of nitrogens with two attached hydrogens (primary N) is 2. The van der Waals surface area contributed by atoms with Crippen molar-refractivity contribution in [2.45, 2.75) is 26.3 Å². The highest BCUT2D eigenvalue weighted by atomic mass is 16.1. The molecule has 4 nitrogen and oxygen atoms in total. The van der Waals surface area contributed by atoms with Crippen molar-refractivity contribution in [3.63, 3.8) is 0 Å². The first-order valence-corrected chi connectivity index (χ1v) is 6.84. The number of rotatable bonds is 3. The summed E-state index contributed by atoms with van der Waals surface area (Å²) in [4.78, 5) is 12.3. The third-order valence-corrected chi connectivity index (χ3v) is 3.41. The predicted octanol–water partition coefficient (Wildman–Crippen LogP) is 3.02. The lowest BCUT2D eigenvalue weighted by Gasteiger charge is -2.19. The Morgan fingerprint density at radius 3 is 2.48 bits per heavy atom. The SMILES string of the molecule is Cc1ccc(NC(=O)c2cccc(C(C)(C)N)c2)cc1N. The molecule has 0 heterocycles. The summed E-state index contributed by atoms with van der Waals surface area (Å²) in [6.07, 6.45) is 0. The Labute approximate surface area is 125 Å². The number of hydrogen-bond donors (Lipinski definition) is 3. The zero-order valence-electron chi connectivity index (χ0n) is 12.6. The van der Waals surface area contributed by atoms with E-state index in [1.807, 2.05) is 51.1 Å².